The Morgan fingerprint density at radius 3 is 2.27 bits per heavy atom. The monoisotopic (exact) mass is 822 g/mol. The predicted molar refractivity (Wildman–Crippen MR) is 231 cm³/mol. The third-order valence-electron chi connectivity index (χ3n) is 9.05. The van der Waals surface area contributed by atoms with Crippen LogP contribution in [0.5, 0.6) is 5.75 Å². The van der Waals surface area contributed by atoms with Gasteiger partial charge in [0.1, 0.15) is 0 Å². The zero-order valence-corrected chi connectivity index (χ0v) is 35.1. The van der Waals surface area contributed by atoms with Crippen molar-refractivity contribution in [2.45, 2.75) is 33.1 Å². The van der Waals surface area contributed by atoms with Gasteiger partial charge >= 0.3 is 0 Å². The normalized spacial score (nSPS) is 11.5. The molecule has 0 saturated carbocycles. The highest BCUT2D eigenvalue weighted by Gasteiger charge is 2.23. The summed E-state index contributed by atoms with van der Waals surface area (Å²) in [5.41, 5.74) is 6.07. The number of amides is 2. The fourth-order valence-corrected chi connectivity index (χ4v) is 6.58. The van der Waals surface area contributed by atoms with Crippen LogP contribution in [0.2, 0.25) is 0 Å². The van der Waals surface area contributed by atoms with E-state index in [1.54, 1.807) is 55.8 Å². The number of aryl methyl sites for hydroxylation is 1. The van der Waals surface area contributed by atoms with Gasteiger partial charge in [0.25, 0.3) is 11.8 Å². The van der Waals surface area contributed by atoms with E-state index in [9.17, 15) is 18.0 Å². The van der Waals surface area contributed by atoms with Gasteiger partial charge in [-0.25, -0.2) is 18.4 Å². The van der Waals surface area contributed by atoms with Gasteiger partial charge in [0.15, 0.2) is 5.75 Å². The summed E-state index contributed by atoms with van der Waals surface area (Å²) in [5, 5.41) is 9.71. The van der Waals surface area contributed by atoms with E-state index in [2.05, 4.69) is 31.6 Å². The van der Waals surface area contributed by atoms with Gasteiger partial charge in [-0.2, -0.15) is 0 Å². The number of carbonyl (C=O) groups excluding carboxylic acids is 2. The molecule has 5 aromatic rings. The number of ether oxygens (including phenoxy) is 4. The van der Waals surface area contributed by atoms with Crippen LogP contribution in [0.15, 0.2) is 72.9 Å². The molecule has 1 heterocycles. The van der Waals surface area contributed by atoms with E-state index in [0.29, 0.717) is 79.1 Å². The van der Waals surface area contributed by atoms with E-state index in [1.807, 2.05) is 52.0 Å². The van der Waals surface area contributed by atoms with E-state index in [4.69, 9.17) is 30.4 Å². The summed E-state index contributed by atoms with van der Waals surface area (Å²) >= 11 is 0. The lowest BCUT2D eigenvalue weighted by Crippen LogP contribution is -2.27. The van der Waals surface area contributed by atoms with Gasteiger partial charge < -0.3 is 34.9 Å². The van der Waals surface area contributed by atoms with Gasteiger partial charge in [0, 0.05) is 47.6 Å². The molecule has 0 aliphatic rings. The van der Waals surface area contributed by atoms with Crippen molar-refractivity contribution in [3.05, 3.63) is 101 Å². The Morgan fingerprint density at radius 2 is 1.58 bits per heavy atom. The SMILES string of the molecule is C#Cc1cc(Nc2ncc3cc(-c4cc(C(=O)Nc5cc(C(C)(C)C)cc(NS(C)(=O)=O)c5OC)ccc4C)ccc3n2)cc(C(=O)NCCOCCOCCOC)c1. The van der Waals surface area contributed by atoms with Crippen LogP contribution in [-0.2, 0) is 29.6 Å². The van der Waals surface area contributed by atoms with Gasteiger partial charge in [-0.3, -0.25) is 14.3 Å². The molecule has 2 amide bonds. The lowest BCUT2D eigenvalue weighted by atomic mass is 9.86. The minimum Gasteiger partial charge on any atom is -0.492 e. The van der Waals surface area contributed by atoms with Gasteiger partial charge in [0.05, 0.1) is 63.3 Å². The lowest BCUT2D eigenvalue weighted by Gasteiger charge is -2.24. The van der Waals surface area contributed by atoms with Crippen molar-refractivity contribution in [1.29, 1.82) is 0 Å². The summed E-state index contributed by atoms with van der Waals surface area (Å²) in [6, 6.07) is 19.7. The summed E-state index contributed by atoms with van der Waals surface area (Å²) in [7, 11) is -0.613. The molecule has 0 aliphatic carbocycles. The van der Waals surface area contributed by atoms with Crippen molar-refractivity contribution in [2.24, 2.45) is 0 Å². The number of carbonyl (C=O) groups is 2. The van der Waals surface area contributed by atoms with Crippen LogP contribution in [0, 0.1) is 19.3 Å². The maximum Gasteiger partial charge on any atom is 0.255 e. The first kappa shape index (κ1) is 44.1. The number of methoxy groups -OCH3 is 2. The number of hydrogen-bond acceptors (Lipinski definition) is 11. The molecule has 0 spiro atoms. The first-order valence-corrected chi connectivity index (χ1v) is 20.7. The van der Waals surface area contributed by atoms with E-state index in [1.165, 1.54) is 7.11 Å². The number of rotatable bonds is 18. The summed E-state index contributed by atoms with van der Waals surface area (Å²) in [4.78, 5) is 35.9. The first-order chi connectivity index (χ1) is 28.1. The van der Waals surface area contributed by atoms with Crippen molar-refractivity contribution in [2.75, 3.05) is 75.4 Å². The zero-order valence-electron chi connectivity index (χ0n) is 34.3. The summed E-state index contributed by atoms with van der Waals surface area (Å²) in [6.07, 6.45) is 8.46. The molecule has 0 unspecified atom stereocenters. The number of nitrogens with one attached hydrogen (secondary N) is 4. The summed E-state index contributed by atoms with van der Waals surface area (Å²) in [5.74, 6) is 2.38. The van der Waals surface area contributed by atoms with Crippen LogP contribution >= 0.6 is 0 Å². The molecular weight excluding hydrogens is 773 g/mol. The average Bonchev–Trinajstić information content (AvgIpc) is 3.19. The largest absolute Gasteiger partial charge is 0.492 e. The molecule has 0 aliphatic heterocycles. The van der Waals surface area contributed by atoms with E-state index in [-0.39, 0.29) is 22.8 Å². The second kappa shape index (κ2) is 19.6. The third-order valence-corrected chi connectivity index (χ3v) is 9.64. The van der Waals surface area contributed by atoms with Gasteiger partial charge in [-0.05, 0) is 89.2 Å². The fourth-order valence-electron chi connectivity index (χ4n) is 6.03. The topological polar surface area (TPSA) is 179 Å². The highest BCUT2D eigenvalue weighted by molar-refractivity contribution is 7.92. The molecule has 310 valence electrons. The molecule has 0 saturated heterocycles. The average molecular weight is 823 g/mol. The smallest absolute Gasteiger partial charge is 0.255 e. The molecule has 5 rings (SSSR count). The van der Waals surface area contributed by atoms with Gasteiger partial charge in [-0.1, -0.05) is 38.8 Å². The Hall–Kier alpha value is -6.05. The van der Waals surface area contributed by atoms with Gasteiger partial charge in [-0.15, -0.1) is 6.42 Å². The Morgan fingerprint density at radius 1 is 0.847 bits per heavy atom. The van der Waals surface area contributed by atoms with E-state index in [0.717, 1.165) is 33.9 Å². The van der Waals surface area contributed by atoms with Crippen LogP contribution in [0.1, 0.15) is 58.2 Å². The number of nitrogens with zero attached hydrogens (tertiary/aromatic N) is 2. The molecule has 0 bridgehead atoms. The van der Waals surface area contributed by atoms with Crippen molar-refractivity contribution in [3.63, 3.8) is 0 Å². The Bertz CT molecular complexity index is 2480. The number of sulfonamides is 1. The molecule has 0 fully saturated rings. The van der Waals surface area contributed by atoms with Crippen LogP contribution in [0.25, 0.3) is 22.0 Å². The second-order valence-corrected chi connectivity index (χ2v) is 16.5. The molecule has 59 heavy (non-hydrogen) atoms. The zero-order chi connectivity index (χ0) is 42.7. The van der Waals surface area contributed by atoms with Crippen molar-refractivity contribution in [1.82, 2.24) is 15.3 Å². The Kier molecular flexibility index (Phi) is 14.6. The number of fused-ring (bicyclic) bond motifs is 1. The maximum absolute atomic E-state index is 13.8. The standard InChI is InChI=1S/C44H50N6O8S/c1-9-29-20-32(41(51)45-14-15-57-18-19-58-17-16-55-6)23-35(21-29)47-43-46-27-33-22-30(12-13-37(33)49-43)36-24-31(11-10-28(36)2)42(52)48-38-25-34(44(3,4)5)26-39(40(38)56-7)50-59(8,53)54/h1,10-13,20-27,50H,14-19H2,2-8H3,(H,45,51)(H,48,52)(H,46,47,49). The summed E-state index contributed by atoms with van der Waals surface area (Å²) < 4.78 is 48.3. The molecule has 0 radical (unpaired) electrons. The molecule has 1 aromatic heterocycles. The highest BCUT2D eigenvalue weighted by Crippen LogP contribution is 2.39. The van der Waals surface area contributed by atoms with Crippen molar-refractivity contribution in [3.8, 4) is 29.2 Å². The Labute approximate surface area is 345 Å². The molecule has 4 N–H and O–H groups in total. The van der Waals surface area contributed by atoms with Crippen LogP contribution in [0.4, 0.5) is 23.0 Å². The molecule has 14 nitrogen and oxygen atoms in total. The van der Waals surface area contributed by atoms with Crippen molar-refractivity contribution >= 4 is 55.8 Å². The second-order valence-electron chi connectivity index (χ2n) is 14.7. The van der Waals surface area contributed by atoms with Gasteiger partial charge in [0.2, 0.25) is 16.0 Å². The quantitative estimate of drug-likeness (QED) is 0.0548. The van der Waals surface area contributed by atoms with Crippen LogP contribution in [-0.4, -0.2) is 90.3 Å². The Balaban J connectivity index is 1.31. The first-order valence-electron chi connectivity index (χ1n) is 18.8. The number of terminal acetylenes is 1. The fraction of sp³-hybridized carbons (Fsp3) is 0.318. The van der Waals surface area contributed by atoms with Crippen LogP contribution < -0.4 is 25.4 Å². The molecule has 15 heteroatoms. The van der Waals surface area contributed by atoms with E-state index >= 15 is 0 Å². The minimum absolute atomic E-state index is 0.191. The third kappa shape index (κ3) is 12.2. The minimum atomic E-state index is -3.64. The van der Waals surface area contributed by atoms with E-state index < -0.39 is 15.9 Å². The van der Waals surface area contributed by atoms with Crippen LogP contribution in [0.3, 0.4) is 0 Å². The molecule has 0 atom stereocenters. The van der Waals surface area contributed by atoms with Crippen molar-refractivity contribution < 1.29 is 37.0 Å². The number of hydrogen-bond donors (Lipinski definition) is 4. The molecular formula is C44H50N6O8S. The number of benzene rings is 4. The lowest BCUT2D eigenvalue weighted by molar-refractivity contribution is 0.0255. The predicted octanol–water partition coefficient (Wildman–Crippen LogP) is 6.67. The number of aromatic nitrogens is 2. The molecule has 4 aromatic carbocycles. The maximum atomic E-state index is 13.8. The highest BCUT2D eigenvalue weighted by atomic mass is 32.2. The number of anilines is 4. The summed E-state index contributed by atoms with van der Waals surface area (Å²) in [6.45, 7) is 10.4.